The zero-order chi connectivity index (χ0) is 20.2. The summed E-state index contributed by atoms with van der Waals surface area (Å²) in [4.78, 5) is 22.5. The van der Waals surface area contributed by atoms with Crippen LogP contribution in [0.25, 0.3) is 10.2 Å². The van der Waals surface area contributed by atoms with E-state index in [9.17, 15) is 4.79 Å². The molecule has 1 saturated carbocycles. The van der Waals surface area contributed by atoms with Crippen LogP contribution in [0.2, 0.25) is 0 Å². The Labute approximate surface area is 175 Å². The number of nitrogens with zero attached hydrogens (tertiary/aromatic N) is 3. The molecule has 158 valence electrons. The van der Waals surface area contributed by atoms with Gasteiger partial charge in [0.25, 0.3) is 0 Å². The van der Waals surface area contributed by atoms with E-state index in [1.54, 1.807) is 14.2 Å². The van der Waals surface area contributed by atoms with Crippen molar-refractivity contribution >= 4 is 32.6 Å². The predicted octanol–water partition coefficient (Wildman–Crippen LogP) is 3.17. The van der Waals surface area contributed by atoms with Crippen molar-refractivity contribution < 1.29 is 19.0 Å². The molecule has 0 atom stereocenters. The average Bonchev–Trinajstić information content (AvgIpc) is 3.44. The van der Waals surface area contributed by atoms with E-state index in [1.807, 2.05) is 17.0 Å². The van der Waals surface area contributed by atoms with Gasteiger partial charge in [-0.25, -0.2) is 4.98 Å². The summed E-state index contributed by atoms with van der Waals surface area (Å²) >= 11 is 1.51. The summed E-state index contributed by atoms with van der Waals surface area (Å²) in [5, 5.41) is 0.730. The Morgan fingerprint density at radius 3 is 2.59 bits per heavy atom. The molecule has 1 aromatic heterocycles. The maximum atomic E-state index is 13.4. The molecule has 0 spiro atoms. The van der Waals surface area contributed by atoms with Crippen molar-refractivity contribution in [3.8, 4) is 11.5 Å². The van der Waals surface area contributed by atoms with Crippen molar-refractivity contribution in [3.63, 3.8) is 0 Å². The van der Waals surface area contributed by atoms with E-state index >= 15 is 0 Å². The first-order chi connectivity index (χ1) is 14.2. The molecule has 7 nitrogen and oxygen atoms in total. The Balaban J connectivity index is 1.64. The van der Waals surface area contributed by atoms with Crippen molar-refractivity contribution in [3.05, 3.63) is 12.1 Å². The summed E-state index contributed by atoms with van der Waals surface area (Å²) in [6, 6.07) is 3.75. The number of hydrogen-bond acceptors (Lipinski definition) is 7. The van der Waals surface area contributed by atoms with E-state index in [0.29, 0.717) is 12.3 Å². The molecule has 1 saturated heterocycles. The van der Waals surface area contributed by atoms with E-state index < -0.39 is 0 Å². The van der Waals surface area contributed by atoms with Gasteiger partial charge in [-0.3, -0.25) is 14.6 Å². The molecule has 0 N–H and O–H groups in total. The number of benzene rings is 1. The van der Waals surface area contributed by atoms with Crippen LogP contribution in [0.15, 0.2) is 12.1 Å². The van der Waals surface area contributed by atoms with Gasteiger partial charge in [-0.05, 0) is 25.0 Å². The number of rotatable bonds is 7. The number of morpholine rings is 1. The topological polar surface area (TPSA) is 64.1 Å². The minimum Gasteiger partial charge on any atom is -0.495 e. The van der Waals surface area contributed by atoms with Crippen LogP contribution in [-0.4, -0.2) is 69.4 Å². The molecule has 2 aliphatic rings. The molecule has 0 unspecified atom stereocenters. The lowest BCUT2D eigenvalue weighted by Gasteiger charge is -2.30. The van der Waals surface area contributed by atoms with Crippen molar-refractivity contribution in [2.45, 2.75) is 25.7 Å². The SMILES string of the molecule is COc1ccc(OC)c2sc(N(CCN3CCOCC3)C(=O)C3CCCC3)nc12. The Kier molecular flexibility index (Phi) is 6.52. The fraction of sp³-hybridized carbons (Fsp3) is 0.619. The molecule has 0 bridgehead atoms. The number of ether oxygens (including phenoxy) is 3. The largest absolute Gasteiger partial charge is 0.495 e. The Morgan fingerprint density at radius 2 is 1.90 bits per heavy atom. The van der Waals surface area contributed by atoms with Gasteiger partial charge in [0.15, 0.2) is 5.13 Å². The van der Waals surface area contributed by atoms with E-state index in [2.05, 4.69) is 4.90 Å². The number of methoxy groups -OCH3 is 2. The number of aromatic nitrogens is 1. The Hall–Kier alpha value is -1.90. The van der Waals surface area contributed by atoms with Gasteiger partial charge >= 0.3 is 0 Å². The maximum Gasteiger partial charge on any atom is 0.231 e. The van der Waals surface area contributed by atoms with Gasteiger partial charge in [-0.2, -0.15) is 0 Å². The summed E-state index contributed by atoms with van der Waals surface area (Å²) in [7, 11) is 3.29. The molecular weight excluding hydrogens is 390 g/mol. The van der Waals surface area contributed by atoms with Crippen LogP contribution in [-0.2, 0) is 9.53 Å². The molecular formula is C21H29N3O4S. The second kappa shape index (κ2) is 9.28. The highest BCUT2D eigenvalue weighted by atomic mass is 32.1. The van der Waals surface area contributed by atoms with Crippen LogP contribution in [0.3, 0.4) is 0 Å². The standard InChI is InChI=1S/C21H29N3O4S/c1-26-16-7-8-17(27-2)19-18(16)22-21(29-19)24(20(25)15-5-3-4-6-15)10-9-23-11-13-28-14-12-23/h7-8,15H,3-6,9-14H2,1-2H3. The smallest absolute Gasteiger partial charge is 0.231 e. The van der Waals surface area contributed by atoms with Crippen LogP contribution in [0, 0.1) is 5.92 Å². The zero-order valence-electron chi connectivity index (χ0n) is 17.2. The summed E-state index contributed by atoms with van der Waals surface area (Å²) in [6.45, 7) is 4.80. The minimum absolute atomic E-state index is 0.107. The quantitative estimate of drug-likeness (QED) is 0.687. The summed E-state index contributed by atoms with van der Waals surface area (Å²) in [5.41, 5.74) is 0.752. The normalized spacial score (nSPS) is 18.3. The molecule has 29 heavy (non-hydrogen) atoms. The first kappa shape index (κ1) is 20.4. The lowest BCUT2D eigenvalue weighted by molar-refractivity contribution is -0.122. The fourth-order valence-electron chi connectivity index (χ4n) is 4.15. The zero-order valence-corrected chi connectivity index (χ0v) is 18.0. The van der Waals surface area contributed by atoms with Crippen LogP contribution in [0.1, 0.15) is 25.7 Å². The number of thiazole rings is 1. The number of carbonyl (C=O) groups is 1. The lowest BCUT2D eigenvalue weighted by Crippen LogP contribution is -2.44. The van der Waals surface area contributed by atoms with Crippen LogP contribution in [0.5, 0.6) is 11.5 Å². The first-order valence-electron chi connectivity index (χ1n) is 10.3. The fourth-order valence-corrected chi connectivity index (χ4v) is 5.26. The van der Waals surface area contributed by atoms with E-state index in [4.69, 9.17) is 19.2 Å². The van der Waals surface area contributed by atoms with Crippen LogP contribution < -0.4 is 14.4 Å². The second-order valence-electron chi connectivity index (χ2n) is 7.57. The number of carbonyl (C=O) groups excluding carboxylic acids is 1. The number of hydrogen-bond donors (Lipinski definition) is 0. The molecule has 2 fully saturated rings. The molecule has 1 amide bonds. The van der Waals surface area contributed by atoms with Gasteiger partial charge in [0.1, 0.15) is 21.7 Å². The maximum absolute atomic E-state index is 13.4. The predicted molar refractivity (Wildman–Crippen MR) is 114 cm³/mol. The summed E-state index contributed by atoms with van der Waals surface area (Å²) < 4.78 is 17.4. The molecule has 1 aromatic carbocycles. The third-order valence-electron chi connectivity index (χ3n) is 5.84. The minimum atomic E-state index is 0.107. The summed E-state index contributed by atoms with van der Waals surface area (Å²) in [6.07, 6.45) is 4.22. The third-order valence-corrected chi connectivity index (χ3v) is 6.94. The third kappa shape index (κ3) is 4.34. The van der Waals surface area contributed by atoms with Crippen LogP contribution >= 0.6 is 11.3 Å². The molecule has 2 aromatic rings. The molecule has 0 radical (unpaired) electrons. The van der Waals surface area contributed by atoms with E-state index in [-0.39, 0.29) is 11.8 Å². The number of amides is 1. The molecule has 1 aliphatic carbocycles. The highest BCUT2D eigenvalue weighted by Gasteiger charge is 2.30. The van der Waals surface area contributed by atoms with Crippen molar-refractivity contribution in [2.24, 2.45) is 5.92 Å². The lowest BCUT2D eigenvalue weighted by atomic mass is 10.1. The second-order valence-corrected chi connectivity index (χ2v) is 8.55. The van der Waals surface area contributed by atoms with Gasteiger partial charge in [-0.1, -0.05) is 24.2 Å². The highest BCUT2D eigenvalue weighted by molar-refractivity contribution is 7.22. The Bertz CT molecular complexity index is 803. The monoisotopic (exact) mass is 419 g/mol. The molecule has 2 heterocycles. The van der Waals surface area contributed by atoms with E-state index in [1.165, 1.54) is 11.3 Å². The van der Waals surface area contributed by atoms with Gasteiger partial charge in [0, 0.05) is 32.1 Å². The van der Waals surface area contributed by atoms with Crippen molar-refractivity contribution in [1.82, 2.24) is 9.88 Å². The van der Waals surface area contributed by atoms with Crippen molar-refractivity contribution in [1.29, 1.82) is 0 Å². The number of anilines is 1. The van der Waals surface area contributed by atoms with Gasteiger partial charge < -0.3 is 14.2 Å². The van der Waals surface area contributed by atoms with Gasteiger partial charge in [0.2, 0.25) is 5.91 Å². The van der Waals surface area contributed by atoms with E-state index in [0.717, 1.165) is 79.6 Å². The van der Waals surface area contributed by atoms with Gasteiger partial charge in [-0.15, -0.1) is 0 Å². The molecule has 4 rings (SSSR count). The molecule has 8 heteroatoms. The van der Waals surface area contributed by atoms with Gasteiger partial charge in [0.05, 0.1) is 27.4 Å². The van der Waals surface area contributed by atoms with Crippen LogP contribution in [0.4, 0.5) is 5.13 Å². The molecule has 1 aliphatic heterocycles. The highest BCUT2D eigenvalue weighted by Crippen LogP contribution is 2.41. The summed E-state index contributed by atoms with van der Waals surface area (Å²) in [5.74, 6) is 1.76. The Morgan fingerprint density at radius 1 is 1.21 bits per heavy atom. The van der Waals surface area contributed by atoms with Crippen molar-refractivity contribution in [2.75, 3.05) is 58.5 Å². The number of fused-ring (bicyclic) bond motifs is 1. The average molecular weight is 420 g/mol. The first-order valence-corrected chi connectivity index (χ1v) is 11.2.